The van der Waals surface area contributed by atoms with Crippen LogP contribution < -0.4 is 10.6 Å². The molecule has 0 unspecified atom stereocenters. The molecule has 0 saturated carbocycles. The van der Waals surface area contributed by atoms with E-state index in [1.807, 2.05) is 4.90 Å². The van der Waals surface area contributed by atoms with Crippen LogP contribution in [-0.2, 0) is 6.18 Å². The number of anilines is 1. The van der Waals surface area contributed by atoms with Crippen molar-refractivity contribution in [3.05, 3.63) is 28.8 Å². The van der Waals surface area contributed by atoms with Gasteiger partial charge in [0.05, 0.1) is 16.3 Å². The van der Waals surface area contributed by atoms with Crippen molar-refractivity contribution < 1.29 is 13.2 Å². The Balaban J connectivity index is 0.00000180. The lowest BCUT2D eigenvalue weighted by atomic mass is 10.1. The van der Waals surface area contributed by atoms with E-state index in [0.29, 0.717) is 12.2 Å². The first-order valence-corrected chi connectivity index (χ1v) is 6.13. The molecule has 108 valence electrons. The number of rotatable bonds is 1. The van der Waals surface area contributed by atoms with Crippen LogP contribution in [0.1, 0.15) is 18.4 Å². The lowest BCUT2D eigenvalue weighted by Crippen LogP contribution is -2.42. The molecule has 1 aliphatic rings. The molecule has 2 rings (SSSR count). The number of hydrogen-bond donors (Lipinski definition) is 1. The maximum atomic E-state index is 12.5. The maximum absolute atomic E-state index is 12.5. The van der Waals surface area contributed by atoms with Crippen LogP contribution in [0.3, 0.4) is 0 Å². The largest absolute Gasteiger partial charge is 0.416 e. The summed E-state index contributed by atoms with van der Waals surface area (Å²) in [4.78, 5) is 1.94. The molecule has 1 saturated heterocycles. The monoisotopic (exact) mass is 314 g/mol. The molecule has 0 bridgehead atoms. The molecule has 7 heteroatoms. The number of nitrogens with zero attached hydrogens (tertiary/aromatic N) is 1. The van der Waals surface area contributed by atoms with Crippen molar-refractivity contribution in [3.63, 3.8) is 0 Å². The summed E-state index contributed by atoms with van der Waals surface area (Å²) in [6.07, 6.45) is -2.49. The summed E-state index contributed by atoms with van der Waals surface area (Å²) in [7, 11) is 0. The van der Waals surface area contributed by atoms with E-state index >= 15 is 0 Å². The molecule has 1 atom stereocenters. The fraction of sp³-hybridized carbons (Fsp3) is 0.500. The second-order valence-electron chi connectivity index (χ2n) is 4.51. The third-order valence-electron chi connectivity index (χ3n) is 3.07. The summed E-state index contributed by atoms with van der Waals surface area (Å²) in [5, 5.41) is 0.124. The molecule has 1 heterocycles. The molecule has 2 nitrogen and oxygen atoms in total. The Morgan fingerprint density at radius 3 is 2.53 bits per heavy atom. The number of hydrogen-bond acceptors (Lipinski definition) is 2. The lowest BCUT2D eigenvalue weighted by Gasteiger charge is -2.33. The molecular formula is C12H15Cl2F3N2. The van der Waals surface area contributed by atoms with Crippen molar-refractivity contribution in [3.8, 4) is 0 Å². The molecule has 2 N–H and O–H groups in total. The second-order valence-corrected chi connectivity index (χ2v) is 4.92. The minimum Gasteiger partial charge on any atom is -0.369 e. The van der Waals surface area contributed by atoms with Crippen LogP contribution in [0.4, 0.5) is 18.9 Å². The Morgan fingerprint density at radius 1 is 1.32 bits per heavy atom. The average Bonchev–Trinajstić information content (AvgIpc) is 2.27. The highest BCUT2D eigenvalue weighted by atomic mass is 35.5. The number of benzene rings is 1. The Morgan fingerprint density at radius 2 is 2.00 bits per heavy atom. The Hall–Kier alpha value is -0.650. The molecule has 0 spiro atoms. The minimum atomic E-state index is -4.36. The maximum Gasteiger partial charge on any atom is 0.416 e. The van der Waals surface area contributed by atoms with E-state index in [1.54, 1.807) is 0 Å². The van der Waals surface area contributed by atoms with E-state index in [1.165, 1.54) is 6.07 Å². The minimum absolute atomic E-state index is 0. The molecule has 0 aliphatic carbocycles. The van der Waals surface area contributed by atoms with E-state index in [0.717, 1.165) is 31.5 Å². The highest BCUT2D eigenvalue weighted by molar-refractivity contribution is 6.33. The first-order chi connectivity index (χ1) is 8.38. The number of piperidine rings is 1. The van der Waals surface area contributed by atoms with E-state index in [2.05, 4.69) is 0 Å². The Kier molecular flexibility index (Phi) is 5.35. The molecule has 1 aromatic rings. The number of halogens is 5. The molecule has 0 amide bonds. The summed E-state index contributed by atoms with van der Waals surface area (Å²) in [6.45, 7) is 1.41. The van der Waals surface area contributed by atoms with Crippen LogP contribution in [-0.4, -0.2) is 19.1 Å². The third-order valence-corrected chi connectivity index (χ3v) is 3.38. The zero-order valence-electron chi connectivity index (χ0n) is 10.1. The summed E-state index contributed by atoms with van der Waals surface area (Å²) in [5.74, 6) is 0. The highest BCUT2D eigenvalue weighted by Crippen LogP contribution is 2.35. The van der Waals surface area contributed by atoms with Gasteiger partial charge < -0.3 is 10.6 Å². The first-order valence-electron chi connectivity index (χ1n) is 5.75. The zero-order valence-corrected chi connectivity index (χ0v) is 11.7. The second kappa shape index (κ2) is 6.20. The van der Waals surface area contributed by atoms with Gasteiger partial charge in [0.15, 0.2) is 0 Å². The van der Waals surface area contributed by atoms with Crippen LogP contribution in [0.2, 0.25) is 5.02 Å². The van der Waals surface area contributed by atoms with Gasteiger partial charge in [-0.2, -0.15) is 13.2 Å². The van der Waals surface area contributed by atoms with Crippen molar-refractivity contribution in [2.45, 2.75) is 25.1 Å². The molecule has 0 aromatic heterocycles. The number of alkyl halides is 3. The quantitative estimate of drug-likeness (QED) is 0.856. The predicted octanol–water partition coefficient (Wildman–Crippen LogP) is 3.71. The van der Waals surface area contributed by atoms with Gasteiger partial charge in [0.2, 0.25) is 0 Å². The highest BCUT2D eigenvalue weighted by Gasteiger charge is 2.31. The fourth-order valence-corrected chi connectivity index (χ4v) is 2.47. The van der Waals surface area contributed by atoms with Crippen molar-refractivity contribution in [2.75, 3.05) is 18.0 Å². The SMILES string of the molecule is Cl.N[C@@H]1CCCN(c2ccc(C(F)(F)F)cc2Cl)C1. The van der Waals surface area contributed by atoms with Crippen LogP contribution in [0.5, 0.6) is 0 Å². The molecule has 1 fully saturated rings. The predicted molar refractivity (Wildman–Crippen MR) is 73.1 cm³/mol. The van der Waals surface area contributed by atoms with Gasteiger partial charge in [-0.1, -0.05) is 11.6 Å². The van der Waals surface area contributed by atoms with Gasteiger partial charge in [0.1, 0.15) is 0 Å². The summed E-state index contributed by atoms with van der Waals surface area (Å²) in [6, 6.07) is 3.50. The van der Waals surface area contributed by atoms with Gasteiger partial charge in [-0.25, -0.2) is 0 Å². The normalized spacial score (nSPS) is 20.1. The van der Waals surface area contributed by atoms with Crippen LogP contribution >= 0.6 is 24.0 Å². The van der Waals surface area contributed by atoms with Crippen molar-refractivity contribution in [2.24, 2.45) is 5.73 Å². The van der Waals surface area contributed by atoms with E-state index < -0.39 is 11.7 Å². The van der Waals surface area contributed by atoms with Crippen molar-refractivity contribution in [1.29, 1.82) is 0 Å². The van der Waals surface area contributed by atoms with E-state index in [4.69, 9.17) is 17.3 Å². The zero-order chi connectivity index (χ0) is 13.3. The number of nitrogens with two attached hydrogens (primary N) is 1. The van der Waals surface area contributed by atoms with Crippen LogP contribution in [0.15, 0.2) is 18.2 Å². The molecule has 1 aromatic carbocycles. The Bertz CT molecular complexity index is 437. The molecular weight excluding hydrogens is 300 g/mol. The lowest BCUT2D eigenvalue weighted by molar-refractivity contribution is -0.137. The van der Waals surface area contributed by atoms with Crippen molar-refractivity contribution in [1.82, 2.24) is 0 Å². The standard InChI is InChI=1S/C12H14ClF3N2.ClH/c13-10-6-8(12(14,15)16)3-4-11(10)18-5-1-2-9(17)7-18;/h3-4,6,9H,1-2,5,7,17H2;1H/t9-;/m1./s1. The first kappa shape index (κ1) is 16.4. The molecule has 19 heavy (non-hydrogen) atoms. The molecule has 1 aliphatic heterocycles. The fourth-order valence-electron chi connectivity index (χ4n) is 2.17. The van der Waals surface area contributed by atoms with Gasteiger partial charge in [0.25, 0.3) is 0 Å². The van der Waals surface area contributed by atoms with Gasteiger partial charge in [-0.3, -0.25) is 0 Å². The summed E-state index contributed by atoms with van der Waals surface area (Å²) in [5.41, 5.74) is 5.75. The van der Waals surface area contributed by atoms with Gasteiger partial charge in [0, 0.05) is 19.1 Å². The van der Waals surface area contributed by atoms with E-state index in [-0.39, 0.29) is 23.5 Å². The summed E-state index contributed by atoms with van der Waals surface area (Å²) >= 11 is 5.93. The van der Waals surface area contributed by atoms with Gasteiger partial charge >= 0.3 is 6.18 Å². The topological polar surface area (TPSA) is 29.3 Å². The smallest absolute Gasteiger partial charge is 0.369 e. The average molecular weight is 315 g/mol. The van der Waals surface area contributed by atoms with E-state index in [9.17, 15) is 13.2 Å². The van der Waals surface area contributed by atoms with Gasteiger partial charge in [-0.05, 0) is 31.0 Å². The summed E-state index contributed by atoms with van der Waals surface area (Å²) < 4.78 is 37.5. The van der Waals surface area contributed by atoms with Crippen LogP contribution in [0.25, 0.3) is 0 Å². The van der Waals surface area contributed by atoms with Crippen molar-refractivity contribution >= 4 is 29.7 Å². The Labute approximate surface area is 121 Å². The molecule has 0 radical (unpaired) electrons. The van der Waals surface area contributed by atoms with Crippen LogP contribution in [0, 0.1) is 0 Å². The third kappa shape index (κ3) is 3.91. The van der Waals surface area contributed by atoms with Gasteiger partial charge in [-0.15, -0.1) is 12.4 Å².